The fraction of sp³-hybridized carbons (Fsp3) is 0.667. The van der Waals surface area contributed by atoms with Gasteiger partial charge in [-0.1, -0.05) is 38.8 Å². The lowest BCUT2D eigenvalue weighted by atomic mass is 10.00. The van der Waals surface area contributed by atoms with E-state index in [1.807, 2.05) is 0 Å². The van der Waals surface area contributed by atoms with E-state index in [0.717, 1.165) is 12.2 Å². The number of likely N-dealkylation sites (N-methyl/N-ethyl adjacent to an activating group) is 1. The highest BCUT2D eigenvalue weighted by atomic mass is 16.5. The van der Waals surface area contributed by atoms with Gasteiger partial charge >= 0.3 is 0 Å². The zero-order chi connectivity index (χ0) is 14.5. The minimum atomic E-state index is 0.307. The topological polar surface area (TPSA) is 21.3 Å². The number of hydrogen-bond acceptors (Lipinski definition) is 2. The zero-order valence-corrected chi connectivity index (χ0v) is 13.4. The maximum atomic E-state index is 6.45. The smallest absolute Gasteiger partial charge is 0.123 e. The molecule has 0 amide bonds. The first-order valence-electron chi connectivity index (χ1n) is 8.06. The van der Waals surface area contributed by atoms with E-state index in [1.54, 1.807) is 0 Å². The molecule has 1 fully saturated rings. The number of hydrogen-bond donors (Lipinski definition) is 1. The molecule has 1 N–H and O–H groups in total. The number of ether oxygens (including phenoxy) is 1. The van der Waals surface area contributed by atoms with E-state index < -0.39 is 0 Å². The molecule has 2 atom stereocenters. The lowest BCUT2D eigenvalue weighted by molar-refractivity contribution is 0.147. The van der Waals surface area contributed by atoms with Crippen LogP contribution in [0, 0.1) is 6.92 Å². The molecule has 2 rings (SSSR count). The molecule has 0 saturated heterocycles. The molecule has 0 aliphatic heterocycles. The van der Waals surface area contributed by atoms with Gasteiger partial charge in [0.15, 0.2) is 0 Å². The van der Waals surface area contributed by atoms with E-state index >= 15 is 0 Å². The van der Waals surface area contributed by atoms with E-state index in [-0.39, 0.29) is 0 Å². The van der Waals surface area contributed by atoms with Crippen molar-refractivity contribution in [3.05, 3.63) is 29.3 Å². The molecule has 0 radical (unpaired) electrons. The maximum absolute atomic E-state index is 6.45. The van der Waals surface area contributed by atoms with Gasteiger partial charge in [0.05, 0.1) is 0 Å². The molecule has 1 saturated carbocycles. The van der Waals surface area contributed by atoms with Crippen molar-refractivity contribution in [2.24, 2.45) is 0 Å². The molecule has 1 aliphatic carbocycles. The Kier molecular flexibility index (Phi) is 5.47. The largest absolute Gasteiger partial charge is 0.489 e. The molecule has 0 spiro atoms. The Hall–Kier alpha value is -1.02. The summed E-state index contributed by atoms with van der Waals surface area (Å²) in [5.74, 6) is 1.59. The van der Waals surface area contributed by atoms with Gasteiger partial charge in [-0.05, 0) is 56.3 Å². The summed E-state index contributed by atoms with van der Waals surface area (Å²) in [4.78, 5) is 0. The number of benzene rings is 1. The van der Waals surface area contributed by atoms with E-state index in [1.165, 1.54) is 36.8 Å². The van der Waals surface area contributed by atoms with Crippen LogP contribution in [0.5, 0.6) is 5.75 Å². The molecule has 1 aliphatic rings. The molecule has 2 heteroatoms. The van der Waals surface area contributed by atoms with Crippen LogP contribution in [0.3, 0.4) is 0 Å². The highest BCUT2D eigenvalue weighted by molar-refractivity contribution is 5.39. The quantitative estimate of drug-likeness (QED) is 0.821. The SMILES string of the molecule is CNC1CCCCCC1Oc1cc(C)ccc1C(C)C. The van der Waals surface area contributed by atoms with E-state index in [4.69, 9.17) is 4.74 Å². The van der Waals surface area contributed by atoms with Gasteiger partial charge in [-0.3, -0.25) is 0 Å². The van der Waals surface area contributed by atoms with Crippen molar-refractivity contribution in [3.8, 4) is 5.75 Å². The predicted molar refractivity (Wildman–Crippen MR) is 85.6 cm³/mol. The van der Waals surface area contributed by atoms with Crippen LogP contribution in [0.4, 0.5) is 0 Å². The Balaban J connectivity index is 2.20. The van der Waals surface area contributed by atoms with Crippen LogP contribution in [0.15, 0.2) is 18.2 Å². The Morgan fingerprint density at radius 2 is 1.90 bits per heavy atom. The molecule has 0 bridgehead atoms. The van der Waals surface area contributed by atoms with Crippen LogP contribution in [-0.2, 0) is 0 Å². The first kappa shape index (κ1) is 15.4. The summed E-state index contributed by atoms with van der Waals surface area (Å²) in [5.41, 5.74) is 2.61. The monoisotopic (exact) mass is 275 g/mol. The van der Waals surface area contributed by atoms with Crippen LogP contribution >= 0.6 is 0 Å². The molecule has 112 valence electrons. The van der Waals surface area contributed by atoms with Crippen molar-refractivity contribution in [1.82, 2.24) is 5.32 Å². The fourth-order valence-corrected chi connectivity index (χ4v) is 3.13. The molecule has 0 heterocycles. The minimum absolute atomic E-state index is 0.307. The third kappa shape index (κ3) is 3.76. The fourth-order valence-electron chi connectivity index (χ4n) is 3.13. The van der Waals surface area contributed by atoms with Crippen molar-refractivity contribution in [2.45, 2.75) is 70.9 Å². The average Bonchev–Trinajstić information content (AvgIpc) is 2.63. The normalized spacial score (nSPS) is 23.6. The van der Waals surface area contributed by atoms with Crippen LogP contribution in [0.25, 0.3) is 0 Å². The highest BCUT2D eigenvalue weighted by Gasteiger charge is 2.25. The Morgan fingerprint density at radius 1 is 1.15 bits per heavy atom. The number of aryl methyl sites for hydroxylation is 1. The summed E-state index contributed by atoms with van der Waals surface area (Å²) >= 11 is 0. The predicted octanol–water partition coefficient (Wildman–Crippen LogP) is 4.42. The second kappa shape index (κ2) is 7.12. The summed E-state index contributed by atoms with van der Waals surface area (Å²) < 4.78 is 6.45. The van der Waals surface area contributed by atoms with Gasteiger partial charge in [0.2, 0.25) is 0 Å². The maximum Gasteiger partial charge on any atom is 0.123 e. The van der Waals surface area contributed by atoms with E-state index in [9.17, 15) is 0 Å². The number of nitrogens with one attached hydrogen (secondary N) is 1. The second-order valence-electron chi connectivity index (χ2n) is 6.39. The molecule has 20 heavy (non-hydrogen) atoms. The Bertz CT molecular complexity index is 427. The van der Waals surface area contributed by atoms with Gasteiger partial charge in [0.25, 0.3) is 0 Å². The van der Waals surface area contributed by atoms with E-state index in [2.05, 4.69) is 51.3 Å². The summed E-state index contributed by atoms with van der Waals surface area (Å²) in [6.45, 7) is 6.61. The lowest BCUT2D eigenvalue weighted by Crippen LogP contribution is -2.40. The summed E-state index contributed by atoms with van der Waals surface area (Å²) in [7, 11) is 2.06. The van der Waals surface area contributed by atoms with Gasteiger partial charge in [-0.2, -0.15) is 0 Å². The van der Waals surface area contributed by atoms with Gasteiger partial charge < -0.3 is 10.1 Å². The van der Waals surface area contributed by atoms with Crippen LogP contribution < -0.4 is 10.1 Å². The first-order valence-corrected chi connectivity index (χ1v) is 8.06. The first-order chi connectivity index (χ1) is 9.61. The third-order valence-corrected chi connectivity index (χ3v) is 4.39. The third-order valence-electron chi connectivity index (χ3n) is 4.39. The molecular formula is C18H29NO. The Labute approximate surface area is 123 Å². The molecule has 2 nitrogen and oxygen atoms in total. The van der Waals surface area contributed by atoms with Crippen LogP contribution in [0.1, 0.15) is 63.0 Å². The van der Waals surface area contributed by atoms with Gasteiger partial charge in [-0.25, -0.2) is 0 Å². The van der Waals surface area contributed by atoms with Crippen molar-refractivity contribution in [3.63, 3.8) is 0 Å². The molecule has 1 aromatic carbocycles. The van der Waals surface area contributed by atoms with Crippen molar-refractivity contribution >= 4 is 0 Å². The second-order valence-corrected chi connectivity index (χ2v) is 6.39. The van der Waals surface area contributed by atoms with Crippen LogP contribution in [0.2, 0.25) is 0 Å². The molecule has 0 aromatic heterocycles. The van der Waals surface area contributed by atoms with Gasteiger partial charge in [0.1, 0.15) is 11.9 Å². The average molecular weight is 275 g/mol. The van der Waals surface area contributed by atoms with Crippen LogP contribution in [-0.4, -0.2) is 19.2 Å². The highest BCUT2D eigenvalue weighted by Crippen LogP contribution is 2.31. The minimum Gasteiger partial charge on any atom is -0.489 e. The summed E-state index contributed by atoms with van der Waals surface area (Å²) in [6.07, 6.45) is 6.63. The summed E-state index contributed by atoms with van der Waals surface area (Å²) in [6, 6.07) is 7.09. The van der Waals surface area contributed by atoms with Gasteiger partial charge in [-0.15, -0.1) is 0 Å². The molecular weight excluding hydrogens is 246 g/mol. The van der Waals surface area contributed by atoms with Crippen molar-refractivity contribution in [2.75, 3.05) is 7.05 Å². The lowest BCUT2D eigenvalue weighted by Gasteiger charge is -2.27. The molecule has 2 unspecified atom stereocenters. The Morgan fingerprint density at radius 3 is 2.60 bits per heavy atom. The van der Waals surface area contributed by atoms with Gasteiger partial charge in [0, 0.05) is 6.04 Å². The standard InChI is InChI=1S/C18H29NO/c1-13(2)15-11-10-14(3)12-18(15)20-17-9-7-5-6-8-16(17)19-4/h10-13,16-17,19H,5-9H2,1-4H3. The number of rotatable bonds is 4. The summed E-state index contributed by atoms with van der Waals surface area (Å²) in [5, 5.41) is 3.45. The van der Waals surface area contributed by atoms with Crippen molar-refractivity contribution < 1.29 is 4.74 Å². The van der Waals surface area contributed by atoms with E-state index in [0.29, 0.717) is 18.1 Å². The molecule has 1 aromatic rings. The van der Waals surface area contributed by atoms with Crippen molar-refractivity contribution in [1.29, 1.82) is 0 Å². The zero-order valence-electron chi connectivity index (χ0n) is 13.4.